The highest BCUT2D eigenvalue weighted by Crippen LogP contribution is 2.38. The first-order valence-corrected chi connectivity index (χ1v) is 14.4. The first-order chi connectivity index (χ1) is 17.6. The molecule has 1 heterocycles. The summed E-state index contributed by atoms with van der Waals surface area (Å²) in [7, 11) is 0. The second-order valence-corrected chi connectivity index (χ2v) is 13.5. The molecule has 1 unspecified atom stereocenters. The minimum atomic E-state index is -0.909. The van der Waals surface area contributed by atoms with Gasteiger partial charge in [0.25, 0.3) is 5.91 Å². The number of carbonyl (C=O) groups is 5. The van der Waals surface area contributed by atoms with Gasteiger partial charge in [-0.15, -0.1) is 0 Å². The number of likely N-dealkylation sites (tertiary alicyclic amines) is 1. The lowest BCUT2D eigenvalue weighted by atomic mass is 9.81. The molecule has 9 heteroatoms. The van der Waals surface area contributed by atoms with Crippen LogP contribution in [0, 0.1) is 35.0 Å². The van der Waals surface area contributed by atoms with Crippen LogP contribution in [0.25, 0.3) is 0 Å². The molecular formula is C29H48N4O5. The van der Waals surface area contributed by atoms with Gasteiger partial charge in [-0.1, -0.05) is 68.2 Å². The van der Waals surface area contributed by atoms with E-state index < -0.39 is 41.1 Å². The van der Waals surface area contributed by atoms with E-state index in [0.29, 0.717) is 18.9 Å². The molecule has 4 amide bonds. The summed E-state index contributed by atoms with van der Waals surface area (Å²) in [6.45, 7) is 15.7. The van der Waals surface area contributed by atoms with Crippen molar-refractivity contribution in [1.29, 1.82) is 0 Å². The van der Waals surface area contributed by atoms with Crippen LogP contribution in [0.15, 0.2) is 0 Å². The van der Waals surface area contributed by atoms with Crippen LogP contribution in [0.2, 0.25) is 0 Å². The van der Waals surface area contributed by atoms with Crippen LogP contribution in [0.3, 0.4) is 0 Å². The highest BCUT2D eigenvalue weighted by Gasteiger charge is 2.50. The molecule has 2 saturated carbocycles. The molecule has 0 aromatic carbocycles. The third-order valence-electron chi connectivity index (χ3n) is 8.12. The van der Waals surface area contributed by atoms with Gasteiger partial charge >= 0.3 is 0 Å². The molecular weight excluding hydrogens is 484 g/mol. The van der Waals surface area contributed by atoms with E-state index in [1.807, 2.05) is 41.5 Å². The maximum atomic E-state index is 14.0. The SMILES string of the molecule is CC(C)C(=O)N[C@H](C(=O)N1C[C@H](C)[C@H](C(C)C)[C@H]1C(=O)NC(CC1CC1)C(=O)C(=O)NC1CC1)C(C)(C)C. The number of Topliss-reactive ketones (excluding diaryl/α,β-unsaturated/α-hetero) is 1. The van der Waals surface area contributed by atoms with Gasteiger partial charge in [0, 0.05) is 18.5 Å². The second-order valence-electron chi connectivity index (χ2n) is 13.5. The third kappa shape index (κ3) is 7.35. The van der Waals surface area contributed by atoms with Crippen LogP contribution in [0.4, 0.5) is 0 Å². The molecule has 0 spiro atoms. The van der Waals surface area contributed by atoms with Crippen molar-refractivity contribution in [3.8, 4) is 0 Å². The monoisotopic (exact) mass is 532 g/mol. The van der Waals surface area contributed by atoms with Crippen molar-refractivity contribution in [2.75, 3.05) is 6.54 Å². The van der Waals surface area contributed by atoms with Crippen LogP contribution in [0.5, 0.6) is 0 Å². The number of hydrogen-bond acceptors (Lipinski definition) is 5. The molecule has 0 radical (unpaired) electrons. The lowest BCUT2D eigenvalue weighted by Crippen LogP contribution is -2.60. The van der Waals surface area contributed by atoms with Crippen molar-refractivity contribution in [2.45, 2.75) is 112 Å². The molecule has 0 aromatic rings. The molecule has 1 aliphatic heterocycles. The maximum absolute atomic E-state index is 14.0. The molecule has 9 nitrogen and oxygen atoms in total. The Hall–Kier alpha value is -2.45. The summed E-state index contributed by atoms with van der Waals surface area (Å²) in [5, 5.41) is 8.56. The van der Waals surface area contributed by atoms with E-state index in [0.717, 1.165) is 25.7 Å². The number of rotatable bonds is 11. The van der Waals surface area contributed by atoms with Gasteiger partial charge in [0.05, 0.1) is 6.04 Å². The van der Waals surface area contributed by atoms with E-state index in [9.17, 15) is 24.0 Å². The summed E-state index contributed by atoms with van der Waals surface area (Å²) in [6, 6.07) is -2.46. The zero-order valence-corrected chi connectivity index (χ0v) is 24.4. The third-order valence-corrected chi connectivity index (χ3v) is 8.12. The Kier molecular flexibility index (Phi) is 9.30. The fourth-order valence-corrected chi connectivity index (χ4v) is 5.57. The van der Waals surface area contributed by atoms with Gasteiger partial charge in [0.15, 0.2) is 0 Å². The lowest BCUT2D eigenvalue weighted by Gasteiger charge is -2.37. The Labute approximate surface area is 227 Å². The summed E-state index contributed by atoms with van der Waals surface area (Å²) in [6.07, 6.45) is 4.13. The summed E-state index contributed by atoms with van der Waals surface area (Å²) < 4.78 is 0. The van der Waals surface area contributed by atoms with Gasteiger partial charge in [0.1, 0.15) is 12.1 Å². The van der Waals surface area contributed by atoms with E-state index >= 15 is 0 Å². The molecule has 38 heavy (non-hydrogen) atoms. The minimum absolute atomic E-state index is 0.0480. The van der Waals surface area contributed by atoms with Crippen LogP contribution in [-0.2, 0) is 24.0 Å². The smallest absolute Gasteiger partial charge is 0.289 e. The van der Waals surface area contributed by atoms with E-state index in [1.54, 1.807) is 18.7 Å². The second kappa shape index (κ2) is 11.7. The van der Waals surface area contributed by atoms with Gasteiger partial charge in [-0.3, -0.25) is 24.0 Å². The number of nitrogens with one attached hydrogen (secondary N) is 3. The zero-order chi connectivity index (χ0) is 28.5. The number of nitrogens with zero attached hydrogens (tertiary/aromatic N) is 1. The average Bonchev–Trinajstić information content (AvgIpc) is 3.74. The van der Waals surface area contributed by atoms with Gasteiger partial charge in [0.2, 0.25) is 23.5 Å². The zero-order valence-electron chi connectivity index (χ0n) is 24.4. The maximum Gasteiger partial charge on any atom is 0.289 e. The first-order valence-electron chi connectivity index (χ1n) is 14.4. The van der Waals surface area contributed by atoms with Gasteiger partial charge in [-0.05, 0) is 48.3 Å². The lowest BCUT2D eigenvalue weighted by molar-refractivity contribution is -0.146. The largest absolute Gasteiger partial charge is 0.347 e. The predicted molar refractivity (Wildman–Crippen MR) is 145 cm³/mol. The van der Waals surface area contributed by atoms with Gasteiger partial charge in [-0.2, -0.15) is 0 Å². The number of amides is 4. The summed E-state index contributed by atoms with van der Waals surface area (Å²) in [5.74, 6) is -2.12. The predicted octanol–water partition coefficient (Wildman–Crippen LogP) is 2.43. The first kappa shape index (κ1) is 30.1. The van der Waals surface area contributed by atoms with E-state index in [-0.39, 0.29) is 41.5 Å². The topological polar surface area (TPSA) is 125 Å². The van der Waals surface area contributed by atoms with Gasteiger partial charge in [-0.25, -0.2) is 0 Å². The van der Waals surface area contributed by atoms with Crippen molar-refractivity contribution < 1.29 is 24.0 Å². The van der Waals surface area contributed by atoms with Crippen molar-refractivity contribution in [3.05, 3.63) is 0 Å². The Bertz CT molecular complexity index is 932. The summed E-state index contributed by atoms with van der Waals surface area (Å²) >= 11 is 0. The van der Waals surface area contributed by atoms with Crippen LogP contribution < -0.4 is 16.0 Å². The number of hydrogen-bond donors (Lipinski definition) is 3. The Morgan fingerprint density at radius 3 is 2.00 bits per heavy atom. The van der Waals surface area contributed by atoms with E-state index in [4.69, 9.17) is 0 Å². The van der Waals surface area contributed by atoms with Crippen LogP contribution in [0.1, 0.15) is 87.5 Å². The van der Waals surface area contributed by atoms with Crippen LogP contribution >= 0.6 is 0 Å². The molecule has 214 valence electrons. The van der Waals surface area contributed by atoms with E-state index in [2.05, 4.69) is 16.0 Å². The fraction of sp³-hybridized carbons (Fsp3) is 0.828. The normalized spacial score (nSPS) is 25.2. The quantitative estimate of drug-likeness (QED) is 0.353. The molecule has 2 aliphatic carbocycles. The molecule has 3 aliphatic rings. The summed E-state index contributed by atoms with van der Waals surface area (Å²) in [4.78, 5) is 67.8. The standard InChI is InChI=1S/C29H48N4O5/c1-15(2)21-17(5)14-33(28(38)24(29(6,7)8)32-25(35)16(3)4)22(21)26(36)31-20(13-18-9-10-18)23(34)27(37)30-19-11-12-19/h15-22,24H,9-14H2,1-8H3,(H,30,37)(H,31,36)(H,32,35)/t17-,20?,21-,22-,24+/m0/s1. The molecule has 3 N–H and O–H groups in total. The number of carbonyl (C=O) groups excluding carboxylic acids is 5. The summed E-state index contributed by atoms with van der Waals surface area (Å²) in [5.41, 5.74) is -0.576. The van der Waals surface area contributed by atoms with Crippen molar-refractivity contribution >= 4 is 29.4 Å². The Balaban J connectivity index is 1.86. The van der Waals surface area contributed by atoms with Crippen molar-refractivity contribution in [2.24, 2.45) is 35.0 Å². The van der Waals surface area contributed by atoms with Crippen molar-refractivity contribution in [1.82, 2.24) is 20.9 Å². The Morgan fingerprint density at radius 1 is 0.921 bits per heavy atom. The average molecular weight is 533 g/mol. The number of ketones is 1. The van der Waals surface area contributed by atoms with E-state index in [1.165, 1.54) is 0 Å². The highest BCUT2D eigenvalue weighted by molar-refractivity contribution is 6.38. The minimum Gasteiger partial charge on any atom is -0.347 e. The molecule has 5 atom stereocenters. The van der Waals surface area contributed by atoms with Crippen LogP contribution in [-0.4, -0.2) is 65.0 Å². The molecule has 3 fully saturated rings. The molecule has 3 rings (SSSR count). The van der Waals surface area contributed by atoms with Crippen molar-refractivity contribution in [3.63, 3.8) is 0 Å². The molecule has 0 aromatic heterocycles. The molecule has 1 saturated heterocycles. The fourth-order valence-electron chi connectivity index (χ4n) is 5.57. The van der Waals surface area contributed by atoms with Gasteiger partial charge < -0.3 is 20.9 Å². The highest BCUT2D eigenvalue weighted by atomic mass is 16.2. The molecule has 0 bridgehead atoms. The Morgan fingerprint density at radius 2 is 1.53 bits per heavy atom.